The fourth-order valence-corrected chi connectivity index (χ4v) is 3.28. The highest BCUT2D eigenvalue weighted by molar-refractivity contribution is 5.78. The number of hydrogen-bond donors (Lipinski definition) is 1. The zero-order valence-corrected chi connectivity index (χ0v) is 24.1. The Morgan fingerprint density at radius 3 is 1.76 bits per heavy atom. The molecule has 0 aromatic carbocycles. The number of esters is 3. The van der Waals surface area contributed by atoms with Crippen LogP contribution in [-0.2, 0) is 42.9 Å². The Morgan fingerprint density at radius 2 is 1.27 bits per heavy atom. The molecule has 1 heterocycles. The van der Waals surface area contributed by atoms with E-state index in [-0.39, 0.29) is 43.3 Å². The Labute approximate surface area is 221 Å². The SMILES string of the molecule is CC(C)CO[C@H]1OCC(OC(=O)C(C)C)C[C@@H](OC(=O)C(C)C)C(OC(=O)C(C)C)C1NC(=O)C(C)C. The first-order chi connectivity index (χ1) is 17.1. The van der Waals surface area contributed by atoms with Crippen LogP contribution in [0.3, 0.4) is 0 Å². The van der Waals surface area contributed by atoms with Gasteiger partial charge in [-0.05, 0) is 5.92 Å². The van der Waals surface area contributed by atoms with E-state index in [1.165, 1.54) is 0 Å². The van der Waals surface area contributed by atoms with Gasteiger partial charge in [-0.2, -0.15) is 0 Å². The number of ether oxygens (including phenoxy) is 5. The second-order valence-electron chi connectivity index (χ2n) is 11.3. The highest BCUT2D eigenvalue weighted by atomic mass is 16.7. The molecule has 0 bridgehead atoms. The second kappa shape index (κ2) is 15.3. The van der Waals surface area contributed by atoms with Gasteiger partial charge in [0.05, 0.1) is 31.0 Å². The van der Waals surface area contributed by atoms with Crippen molar-refractivity contribution < 1.29 is 42.9 Å². The van der Waals surface area contributed by atoms with Gasteiger partial charge in [0.25, 0.3) is 0 Å². The number of rotatable bonds is 11. The van der Waals surface area contributed by atoms with Crippen LogP contribution in [0.1, 0.15) is 75.7 Å². The molecule has 1 amide bonds. The Morgan fingerprint density at radius 1 is 0.757 bits per heavy atom. The van der Waals surface area contributed by atoms with Crippen molar-refractivity contribution in [1.29, 1.82) is 0 Å². The van der Waals surface area contributed by atoms with Crippen molar-refractivity contribution in [3.8, 4) is 0 Å². The zero-order valence-electron chi connectivity index (χ0n) is 24.1. The smallest absolute Gasteiger partial charge is 0.308 e. The summed E-state index contributed by atoms with van der Waals surface area (Å²) >= 11 is 0. The van der Waals surface area contributed by atoms with Crippen molar-refractivity contribution in [2.24, 2.45) is 29.6 Å². The molecule has 5 atom stereocenters. The van der Waals surface area contributed by atoms with E-state index in [0.717, 1.165) is 0 Å². The van der Waals surface area contributed by atoms with Gasteiger partial charge in [0.2, 0.25) is 5.91 Å². The van der Waals surface area contributed by atoms with Crippen LogP contribution in [0.2, 0.25) is 0 Å². The quantitative estimate of drug-likeness (QED) is 0.317. The van der Waals surface area contributed by atoms with Gasteiger partial charge >= 0.3 is 17.9 Å². The van der Waals surface area contributed by atoms with Gasteiger partial charge in [-0.1, -0.05) is 69.2 Å². The lowest BCUT2D eigenvalue weighted by Crippen LogP contribution is -2.61. The maximum atomic E-state index is 12.8. The summed E-state index contributed by atoms with van der Waals surface area (Å²) in [6.07, 6.45) is -4.03. The molecule has 214 valence electrons. The Hall–Kier alpha value is -2.20. The van der Waals surface area contributed by atoms with Crippen molar-refractivity contribution in [1.82, 2.24) is 5.32 Å². The van der Waals surface area contributed by atoms with E-state index in [1.807, 2.05) is 13.8 Å². The molecule has 1 aliphatic heterocycles. The Balaban J connectivity index is 3.59. The molecule has 1 N–H and O–H groups in total. The minimum atomic E-state index is -1.15. The molecule has 0 radical (unpaired) electrons. The molecular weight excluding hydrogens is 482 g/mol. The molecule has 0 saturated carbocycles. The molecule has 3 unspecified atom stereocenters. The van der Waals surface area contributed by atoms with E-state index >= 15 is 0 Å². The van der Waals surface area contributed by atoms with Crippen LogP contribution >= 0.6 is 0 Å². The maximum absolute atomic E-state index is 12.8. The predicted molar refractivity (Wildman–Crippen MR) is 136 cm³/mol. The molecular formula is C27H47NO9. The molecule has 1 rings (SSSR count). The van der Waals surface area contributed by atoms with Crippen molar-refractivity contribution in [2.75, 3.05) is 13.2 Å². The Kier molecular flexibility index (Phi) is 13.5. The molecule has 0 aromatic rings. The number of amides is 1. The average molecular weight is 530 g/mol. The molecule has 1 aliphatic rings. The zero-order chi connectivity index (χ0) is 28.4. The van der Waals surface area contributed by atoms with Crippen molar-refractivity contribution in [3.05, 3.63) is 0 Å². The highest BCUT2D eigenvalue weighted by Crippen LogP contribution is 2.27. The summed E-state index contributed by atoms with van der Waals surface area (Å²) in [6.45, 7) is 17.8. The average Bonchev–Trinajstić information content (AvgIpc) is 2.79. The van der Waals surface area contributed by atoms with Crippen molar-refractivity contribution in [3.63, 3.8) is 0 Å². The highest BCUT2D eigenvalue weighted by Gasteiger charge is 2.46. The normalized spacial score (nSPS) is 24.7. The summed E-state index contributed by atoms with van der Waals surface area (Å²) < 4.78 is 29.4. The third-order valence-corrected chi connectivity index (χ3v) is 5.60. The van der Waals surface area contributed by atoms with E-state index in [2.05, 4.69) is 5.32 Å². The number of hydrogen-bond acceptors (Lipinski definition) is 9. The third-order valence-electron chi connectivity index (χ3n) is 5.60. The summed E-state index contributed by atoms with van der Waals surface area (Å²) in [5.74, 6) is -3.39. The van der Waals surface area contributed by atoms with E-state index in [1.54, 1.807) is 55.4 Å². The summed E-state index contributed by atoms with van der Waals surface area (Å²) in [5.41, 5.74) is 0. The van der Waals surface area contributed by atoms with Crippen LogP contribution in [0.4, 0.5) is 0 Å². The van der Waals surface area contributed by atoms with Crippen molar-refractivity contribution in [2.45, 2.75) is 106 Å². The van der Waals surface area contributed by atoms with E-state index in [9.17, 15) is 19.2 Å². The van der Waals surface area contributed by atoms with Gasteiger partial charge in [0.1, 0.15) is 18.2 Å². The number of carbonyl (C=O) groups is 4. The van der Waals surface area contributed by atoms with Crippen molar-refractivity contribution >= 4 is 23.8 Å². The minimum Gasteiger partial charge on any atom is -0.460 e. The van der Waals surface area contributed by atoms with E-state index < -0.39 is 60.4 Å². The first kappa shape index (κ1) is 32.8. The summed E-state index contributed by atoms with van der Waals surface area (Å²) in [5, 5.41) is 2.90. The summed E-state index contributed by atoms with van der Waals surface area (Å²) in [7, 11) is 0. The minimum absolute atomic E-state index is 0.0118. The molecule has 37 heavy (non-hydrogen) atoms. The monoisotopic (exact) mass is 529 g/mol. The number of nitrogens with one attached hydrogen (secondary N) is 1. The summed E-state index contributed by atoms with van der Waals surface area (Å²) in [4.78, 5) is 50.8. The van der Waals surface area contributed by atoms with E-state index in [0.29, 0.717) is 0 Å². The molecule has 10 nitrogen and oxygen atoms in total. The first-order valence-electron chi connectivity index (χ1n) is 13.3. The first-order valence-corrected chi connectivity index (χ1v) is 13.3. The lowest BCUT2D eigenvalue weighted by molar-refractivity contribution is -0.230. The molecule has 1 saturated heterocycles. The van der Waals surface area contributed by atoms with Crippen LogP contribution in [0.5, 0.6) is 0 Å². The predicted octanol–water partition coefficient (Wildman–Crippen LogP) is 3.25. The van der Waals surface area contributed by atoms with Gasteiger partial charge in [0.15, 0.2) is 12.4 Å². The van der Waals surface area contributed by atoms with Crippen LogP contribution in [0.25, 0.3) is 0 Å². The maximum Gasteiger partial charge on any atom is 0.308 e. The second-order valence-corrected chi connectivity index (χ2v) is 11.3. The Bertz CT molecular complexity index is 763. The summed E-state index contributed by atoms with van der Waals surface area (Å²) in [6, 6.07) is -0.983. The molecule has 10 heteroatoms. The molecule has 1 fully saturated rings. The largest absolute Gasteiger partial charge is 0.460 e. The van der Waals surface area contributed by atoms with Gasteiger partial charge in [0, 0.05) is 12.3 Å². The van der Waals surface area contributed by atoms with Gasteiger partial charge in [-0.15, -0.1) is 0 Å². The van der Waals surface area contributed by atoms with Crippen LogP contribution in [-0.4, -0.2) is 67.7 Å². The fourth-order valence-electron chi connectivity index (χ4n) is 3.28. The third kappa shape index (κ3) is 11.0. The lowest BCUT2D eigenvalue weighted by Gasteiger charge is -2.41. The van der Waals surface area contributed by atoms with Gasteiger partial charge < -0.3 is 29.0 Å². The topological polar surface area (TPSA) is 126 Å². The molecule has 0 aromatic heterocycles. The van der Waals surface area contributed by atoms with Crippen LogP contribution in [0, 0.1) is 29.6 Å². The van der Waals surface area contributed by atoms with Gasteiger partial charge in [-0.25, -0.2) is 0 Å². The standard InChI is InChI=1S/C27H47NO9/c1-14(2)12-33-27-21(28-23(29)15(3)4)22(37-26(32)18(9)10)20(36-25(31)17(7)8)11-19(13-34-27)35-24(30)16(5)6/h14-22,27H,11-13H2,1-10H3,(H,28,29)/t19?,20-,21?,22?,27+/m1/s1. The fraction of sp³-hybridized carbons (Fsp3) is 0.852. The van der Waals surface area contributed by atoms with Crippen LogP contribution < -0.4 is 5.32 Å². The van der Waals surface area contributed by atoms with E-state index in [4.69, 9.17) is 23.7 Å². The van der Waals surface area contributed by atoms with Crippen LogP contribution in [0.15, 0.2) is 0 Å². The van der Waals surface area contributed by atoms with Gasteiger partial charge in [-0.3, -0.25) is 19.2 Å². The number of carbonyl (C=O) groups excluding carboxylic acids is 4. The molecule has 0 spiro atoms. The lowest BCUT2D eigenvalue weighted by atomic mass is 9.96. The molecule has 0 aliphatic carbocycles.